The number of aryl methyl sites for hydroxylation is 2. The lowest BCUT2D eigenvalue weighted by atomic mass is 10.0. The van der Waals surface area contributed by atoms with Crippen molar-refractivity contribution in [3.05, 3.63) is 41.6 Å². The normalized spacial score (nSPS) is 10.7. The molecule has 0 radical (unpaired) electrons. The Hall–Kier alpha value is -1.70. The number of hydrogen-bond acceptors (Lipinski definition) is 2. The van der Waals surface area contributed by atoms with Crippen molar-refractivity contribution in [2.75, 3.05) is 0 Å². The van der Waals surface area contributed by atoms with Crippen molar-refractivity contribution in [1.29, 1.82) is 0 Å². The highest BCUT2D eigenvalue weighted by Gasteiger charge is 2.00. The number of Topliss-reactive ketones (excluding diaryl/α,β-unsaturated/α-hetero) is 1. The first-order valence-corrected chi connectivity index (χ1v) is 6.00. The molecule has 0 amide bonds. The molecule has 0 unspecified atom stereocenters. The molecule has 1 heterocycles. The van der Waals surface area contributed by atoms with E-state index < -0.39 is 0 Å². The molecule has 0 spiro atoms. The van der Waals surface area contributed by atoms with Crippen LogP contribution in [0.25, 0.3) is 10.9 Å². The van der Waals surface area contributed by atoms with Gasteiger partial charge in [0.15, 0.2) is 0 Å². The van der Waals surface area contributed by atoms with Crippen LogP contribution in [0.1, 0.15) is 30.9 Å². The van der Waals surface area contributed by atoms with Crippen molar-refractivity contribution in [3.8, 4) is 0 Å². The molecular weight excluding hydrogens is 210 g/mol. The van der Waals surface area contributed by atoms with Gasteiger partial charge >= 0.3 is 0 Å². The molecule has 17 heavy (non-hydrogen) atoms. The Kier molecular flexibility index (Phi) is 3.52. The van der Waals surface area contributed by atoms with Crippen LogP contribution in [0.2, 0.25) is 0 Å². The molecule has 0 fully saturated rings. The van der Waals surface area contributed by atoms with Crippen LogP contribution in [0.15, 0.2) is 30.5 Å². The number of carbonyl (C=O) groups is 1. The van der Waals surface area contributed by atoms with Gasteiger partial charge in [0.1, 0.15) is 5.78 Å². The van der Waals surface area contributed by atoms with E-state index in [4.69, 9.17) is 0 Å². The van der Waals surface area contributed by atoms with Gasteiger partial charge in [-0.25, -0.2) is 0 Å². The van der Waals surface area contributed by atoms with Crippen LogP contribution in [-0.4, -0.2) is 10.8 Å². The lowest BCUT2D eigenvalue weighted by Gasteiger charge is -2.03. The molecule has 88 valence electrons. The van der Waals surface area contributed by atoms with Crippen LogP contribution in [0.5, 0.6) is 0 Å². The summed E-state index contributed by atoms with van der Waals surface area (Å²) in [6.45, 7) is 3.70. The Bertz CT molecular complexity index is 546. The van der Waals surface area contributed by atoms with Crippen LogP contribution in [-0.2, 0) is 11.2 Å². The molecule has 2 nitrogen and oxygen atoms in total. The smallest absolute Gasteiger partial charge is 0.129 e. The highest BCUT2D eigenvalue weighted by Crippen LogP contribution is 2.16. The van der Waals surface area contributed by atoms with Gasteiger partial charge < -0.3 is 4.79 Å². The summed E-state index contributed by atoms with van der Waals surface area (Å²) < 4.78 is 0. The number of carbonyl (C=O) groups excluding carboxylic acids is 1. The van der Waals surface area contributed by atoms with Gasteiger partial charge in [-0.3, -0.25) is 4.98 Å². The van der Waals surface area contributed by atoms with Crippen molar-refractivity contribution < 1.29 is 4.79 Å². The zero-order valence-electron chi connectivity index (χ0n) is 10.4. The Morgan fingerprint density at radius 3 is 2.88 bits per heavy atom. The Balaban J connectivity index is 2.16. The summed E-state index contributed by atoms with van der Waals surface area (Å²) in [5.74, 6) is 0.267. The summed E-state index contributed by atoms with van der Waals surface area (Å²) >= 11 is 0. The molecule has 0 aliphatic carbocycles. The van der Waals surface area contributed by atoms with Crippen LogP contribution < -0.4 is 0 Å². The number of hydrogen-bond donors (Lipinski definition) is 0. The van der Waals surface area contributed by atoms with E-state index in [1.165, 1.54) is 16.5 Å². The minimum absolute atomic E-state index is 0.267. The number of aromatic nitrogens is 1. The maximum atomic E-state index is 10.9. The molecule has 0 aliphatic rings. The van der Waals surface area contributed by atoms with Crippen LogP contribution in [0.3, 0.4) is 0 Å². The first kappa shape index (κ1) is 11.8. The second-order valence-electron chi connectivity index (χ2n) is 4.60. The number of ketones is 1. The number of fused-ring (bicyclic) bond motifs is 1. The van der Waals surface area contributed by atoms with Gasteiger partial charge in [-0.05, 0) is 56.0 Å². The first-order valence-electron chi connectivity index (χ1n) is 6.00. The van der Waals surface area contributed by atoms with E-state index in [0.29, 0.717) is 6.42 Å². The van der Waals surface area contributed by atoms with Crippen LogP contribution in [0.4, 0.5) is 0 Å². The van der Waals surface area contributed by atoms with E-state index in [9.17, 15) is 4.79 Å². The van der Waals surface area contributed by atoms with E-state index in [-0.39, 0.29) is 5.78 Å². The number of pyridine rings is 1. The van der Waals surface area contributed by atoms with Gasteiger partial charge in [0.05, 0.1) is 5.52 Å². The van der Waals surface area contributed by atoms with Crippen molar-refractivity contribution in [3.63, 3.8) is 0 Å². The zero-order valence-corrected chi connectivity index (χ0v) is 10.4. The van der Waals surface area contributed by atoms with E-state index in [2.05, 4.69) is 36.2 Å². The monoisotopic (exact) mass is 227 g/mol. The molecule has 0 bridgehead atoms. The first-order chi connectivity index (χ1) is 8.15. The summed E-state index contributed by atoms with van der Waals surface area (Å²) in [7, 11) is 0. The predicted molar refractivity (Wildman–Crippen MR) is 70.1 cm³/mol. The summed E-state index contributed by atoms with van der Waals surface area (Å²) in [5.41, 5.74) is 3.50. The fraction of sp³-hybridized carbons (Fsp3) is 0.333. The minimum atomic E-state index is 0.267. The third-order valence-corrected chi connectivity index (χ3v) is 2.88. The lowest BCUT2D eigenvalue weighted by Crippen LogP contribution is -1.93. The summed E-state index contributed by atoms with van der Waals surface area (Å²) in [4.78, 5) is 15.3. The number of rotatable bonds is 4. The minimum Gasteiger partial charge on any atom is -0.300 e. The van der Waals surface area contributed by atoms with Gasteiger partial charge in [0, 0.05) is 18.0 Å². The van der Waals surface area contributed by atoms with Gasteiger partial charge in [-0.1, -0.05) is 6.07 Å². The Labute approximate surface area is 102 Å². The van der Waals surface area contributed by atoms with Gasteiger partial charge in [0.2, 0.25) is 0 Å². The van der Waals surface area contributed by atoms with Gasteiger partial charge in [0.25, 0.3) is 0 Å². The third-order valence-electron chi connectivity index (χ3n) is 2.88. The molecule has 1 aromatic heterocycles. The molecule has 0 saturated carbocycles. The van der Waals surface area contributed by atoms with Gasteiger partial charge in [-0.15, -0.1) is 0 Å². The fourth-order valence-corrected chi connectivity index (χ4v) is 1.99. The maximum Gasteiger partial charge on any atom is 0.129 e. The quantitative estimate of drug-likeness (QED) is 0.800. The fourth-order valence-electron chi connectivity index (χ4n) is 1.99. The van der Waals surface area contributed by atoms with Crippen LogP contribution in [0, 0.1) is 6.92 Å². The van der Waals surface area contributed by atoms with Crippen molar-refractivity contribution in [2.45, 2.75) is 33.1 Å². The number of benzene rings is 1. The molecule has 0 aliphatic heterocycles. The standard InChI is InChI=1S/C15H17NO/c1-11-8-14-9-13(5-3-4-12(2)17)6-7-15(14)16-10-11/h6-10H,3-5H2,1-2H3. The molecule has 0 N–H and O–H groups in total. The zero-order chi connectivity index (χ0) is 12.3. The van der Waals surface area contributed by atoms with E-state index in [0.717, 1.165) is 18.4 Å². The molecule has 2 aromatic rings. The van der Waals surface area contributed by atoms with Crippen molar-refractivity contribution in [1.82, 2.24) is 4.98 Å². The van der Waals surface area contributed by atoms with Crippen LogP contribution >= 0.6 is 0 Å². The molecule has 2 rings (SSSR count). The largest absolute Gasteiger partial charge is 0.300 e. The van der Waals surface area contributed by atoms with Crippen molar-refractivity contribution in [2.24, 2.45) is 0 Å². The summed E-state index contributed by atoms with van der Waals surface area (Å²) in [5, 5.41) is 1.19. The highest BCUT2D eigenvalue weighted by atomic mass is 16.1. The third kappa shape index (κ3) is 3.13. The van der Waals surface area contributed by atoms with E-state index >= 15 is 0 Å². The van der Waals surface area contributed by atoms with Gasteiger partial charge in [-0.2, -0.15) is 0 Å². The molecule has 1 aromatic carbocycles. The summed E-state index contributed by atoms with van der Waals surface area (Å²) in [6, 6.07) is 8.48. The average molecular weight is 227 g/mol. The lowest BCUT2D eigenvalue weighted by molar-refractivity contribution is -0.117. The topological polar surface area (TPSA) is 30.0 Å². The molecule has 0 saturated heterocycles. The van der Waals surface area contributed by atoms with E-state index in [1.807, 2.05) is 6.20 Å². The average Bonchev–Trinajstić information content (AvgIpc) is 2.28. The second kappa shape index (κ2) is 5.09. The summed E-state index contributed by atoms with van der Waals surface area (Å²) in [6.07, 6.45) is 4.45. The predicted octanol–water partition coefficient (Wildman–Crippen LogP) is 3.45. The Morgan fingerprint density at radius 1 is 1.29 bits per heavy atom. The SMILES string of the molecule is CC(=O)CCCc1ccc2ncc(C)cc2c1. The van der Waals surface area contributed by atoms with E-state index in [1.54, 1.807) is 6.92 Å². The molecular formula is C15H17NO. The van der Waals surface area contributed by atoms with Crippen molar-refractivity contribution >= 4 is 16.7 Å². The number of nitrogens with zero attached hydrogens (tertiary/aromatic N) is 1. The molecule has 0 atom stereocenters. The Morgan fingerprint density at radius 2 is 2.12 bits per heavy atom. The highest BCUT2D eigenvalue weighted by molar-refractivity contribution is 5.79. The second-order valence-corrected chi connectivity index (χ2v) is 4.60. The maximum absolute atomic E-state index is 10.9. The molecule has 2 heteroatoms.